The average Bonchev–Trinajstić information content (AvgIpc) is 2.95. The zero-order valence-corrected chi connectivity index (χ0v) is 21.7. The molecule has 0 N–H and O–H groups in total. The van der Waals surface area contributed by atoms with Gasteiger partial charge in [-0.1, -0.05) is 156 Å². The minimum absolute atomic E-state index is 0.174. The summed E-state index contributed by atoms with van der Waals surface area (Å²) in [6.45, 7) is 0. The lowest BCUT2D eigenvalue weighted by Gasteiger charge is -2.12. The van der Waals surface area contributed by atoms with Crippen LogP contribution in [-0.2, 0) is 0 Å². The van der Waals surface area contributed by atoms with Crippen LogP contribution in [0.5, 0.6) is 0 Å². The Labute approximate surface area is 229 Å². The van der Waals surface area contributed by atoms with E-state index in [2.05, 4.69) is 20.4 Å². The fourth-order valence-electron chi connectivity index (χ4n) is 3.35. The molecule has 0 fully saturated rings. The molecule has 0 aliphatic rings. The Morgan fingerprint density at radius 2 is 0.667 bits per heavy atom. The van der Waals surface area contributed by atoms with Crippen LogP contribution in [0.2, 0.25) is 0 Å². The summed E-state index contributed by atoms with van der Waals surface area (Å²) in [7, 11) is 0. The molecule has 0 saturated carbocycles. The molecule has 4 rings (SSSR count). The molecule has 4 aromatic carbocycles. The molecule has 0 bridgehead atoms. The Kier molecular flexibility index (Phi) is 9.04. The van der Waals surface area contributed by atoms with Crippen LogP contribution in [0.25, 0.3) is 11.1 Å². The van der Waals surface area contributed by atoms with Gasteiger partial charge in [-0.2, -0.15) is 0 Å². The molecule has 4 nitrogen and oxygen atoms in total. The highest BCUT2D eigenvalue weighted by molar-refractivity contribution is 6.72. The first-order chi connectivity index (χ1) is 17.5. The maximum Gasteiger partial charge on any atom is 0.159 e. The molecule has 0 unspecified atom stereocenters. The van der Waals surface area contributed by atoms with E-state index < -0.39 is 0 Å². The molecule has 0 aromatic heterocycles. The second-order valence-corrected chi connectivity index (χ2v) is 8.82. The van der Waals surface area contributed by atoms with Gasteiger partial charge in [0.1, 0.15) is 0 Å². The van der Waals surface area contributed by atoms with Crippen molar-refractivity contribution in [3.05, 3.63) is 131 Å². The van der Waals surface area contributed by atoms with Crippen LogP contribution >= 0.6 is 46.4 Å². The molecule has 0 heterocycles. The Bertz CT molecular complexity index is 1350. The quantitative estimate of drug-likeness (QED) is 0.163. The van der Waals surface area contributed by atoms with E-state index in [-0.39, 0.29) is 20.7 Å². The zero-order chi connectivity index (χ0) is 25.3. The molecule has 36 heavy (non-hydrogen) atoms. The van der Waals surface area contributed by atoms with Crippen molar-refractivity contribution in [1.29, 1.82) is 0 Å². The van der Waals surface area contributed by atoms with E-state index in [0.717, 1.165) is 22.3 Å². The lowest BCUT2D eigenvalue weighted by molar-refractivity contribution is 1.25. The van der Waals surface area contributed by atoms with Gasteiger partial charge in [-0.05, 0) is 11.1 Å². The Morgan fingerprint density at radius 3 is 1.06 bits per heavy atom. The zero-order valence-electron chi connectivity index (χ0n) is 18.7. The van der Waals surface area contributed by atoms with Crippen LogP contribution in [0, 0.1) is 0 Å². The SMILES string of the molecule is ClC(=NN=C(Cl)c1ccccc1-c1ccccc1C(Cl)=NN=C(Cl)c1ccccc1)c1ccccc1. The Hall–Kier alpha value is -3.28. The summed E-state index contributed by atoms with van der Waals surface area (Å²) in [5, 5.41) is 17.3. The monoisotopic (exact) mass is 550 g/mol. The first-order valence-electron chi connectivity index (χ1n) is 10.8. The number of rotatable bonds is 7. The predicted octanol–water partition coefficient (Wildman–Crippen LogP) is 8.53. The van der Waals surface area contributed by atoms with Crippen molar-refractivity contribution in [2.75, 3.05) is 0 Å². The normalized spacial score (nSPS) is 13.1. The van der Waals surface area contributed by atoms with E-state index in [1.807, 2.05) is 109 Å². The van der Waals surface area contributed by atoms with Crippen molar-refractivity contribution in [1.82, 2.24) is 0 Å². The number of nitrogens with zero attached hydrogens (tertiary/aromatic N) is 4. The van der Waals surface area contributed by atoms with Gasteiger partial charge in [0.2, 0.25) is 0 Å². The van der Waals surface area contributed by atoms with E-state index in [1.54, 1.807) is 0 Å². The van der Waals surface area contributed by atoms with Gasteiger partial charge in [0, 0.05) is 22.3 Å². The highest BCUT2D eigenvalue weighted by atomic mass is 35.5. The lowest BCUT2D eigenvalue weighted by Crippen LogP contribution is -2.00. The predicted molar refractivity (Wildman–Crippen MR) is 154 cm³/mol. The van der Waals surface area contributed by atoms with Crippen LogP contribution < -0.4 is 0 Å². The van der Waals surface area contributed by atoms with E-state index in [9.17, 15) is 0 Å². The second kappa shape index (κ2) is 12.6. The first kappa shape index (κ1) is 25.8. The van der Waals surface area contributed by atoms with Crippen molar-refractivity contribution in [2.45, 2.75) is 0 Å². The van der Waals surface area contributed by atoms with Gasteiger partial charge in [-0.15, -0.1) is 20.4 Å². The number of benzene rings is 4. The molecule has 0 aliphatic heterocycles. The summed E-state index contributed by atoms with van der Waals surface area (Å²) >= 11 is 25.7. The fourth-order valence-corrected chi connectivity index (χ4v) is 4.08. The van der Waals surface area contributed by atoms with Gasteiger partial charge >= 0.3 is 0 Å². The van der Waals surface area contributed by atoms with Gasteiger partial charge in [-0.3, -0.25) is 0 Å². The van der Waals surface area contributed by atoms with Gasteiger partial charge < -0.3 is 0 Å². The highest BCUT2D eigenvalue weighted by Crippen LogP contribution is 2.30. The molecule has 4 aromatic rings. The molecule has 0 atom stereocenters. The average molecular weight is 552 g/mol. The minimum Gasteiger partial charge on any atom is -0.136 e. The molecular formula is C28H18Cl4N4. The van der Waals surface area contributed by atoms with Crippen LogP contribution in [0.4, 0.5) is 0 Å². The fraction of sp³-hybridized carbons (Fsp3) is 0. The summed E-state index contributed by atoms with van der Waals surface area (Å²) < 4.78 is 0. The minimum atomic E-state index is 0.174. The van der Waals surface area contributed by atoms with E-state index in [1.165, 1.54) is 0 Å². The van der Waals surface area contributed by atoms with Crippen LogP contribution in [0.3, 0.4) is 0 Å². The lowest BCUT2D eigenvalue weighted by atomic mass is 9.96. The summed E-state index contributed by atoms with van der Waals surface area (Å²) in [6.07, 6.45) is 0. The number of hydrogen-bond acceptors (Lipinski definition) is 4. The molecule has 8 heteroatoms. The van der Waals surface area contributed by atoms with Gasteiger partial charge in [0.15, 0.2) is 20.7 Å². The summed E-state index contributed by atoms with van der Waals surface area (Å²) in [5.74, 6) is 0. The standard InChI is InChI=1S/C28H18Cl4N4/c29-25(19-11-3-1-4-12-19)33-35-27(31)23-17-9-7-15-21(23)22-16-8-10-18-24(22)28(32)36-34-26(30)20-13-5-2-6-14-20/h1-18H. The van der Waals surface area contributed by atoms with Crippen molar-refractivity contribution < 1.29 is 0 Å². The molecule has 178 valence electrons. The van der Waals surface area contributed by atoms with Crippen LogP contribution in [0.1, 0.15) is 22.3 Å². The van der Waals surface area contributed by atoms with Gasteiger partial charge in [0.25, 0.3) is 0 Å². The van der Waals surface area contributed by atoms with Crippen LogP contribution in [-0.4, -0.2) is 20.7 Å². The maximum atomic E-state index is 6.58. The van der Waals surface area contributed by atoms with Crippen LogP contribution in [0.15, 0.2) is 130 Å². The molecule has 0 amide bonds. The van der Waals surface area contributed by atoms with Gasteiger partial charge in [0.05, 0.1) is 0 Å². The topological polar surface area (TPSA) is 49.4 Å². The molecular weight excluding hydrogens is 534 g/mol. The smallest absolute Gasteiger partial charge is 0.136 e. The number of halogens is 4. The molecule has 0 aliphatic carbocycles. The first-order valence-corrected chi connectivity index (χ1v) is 12.3. The second-order valence-electron chi connectivity index (χ2n) is 7.39. The van der Waals surface area contributed by atoms with E-state index in [0.29, 0.717) is 11.1 Å². The molecule has 0 spiro atoms. The Balaban J connectivity index is 1.70. The summed E-state index contributed by atoms with van der Waals surface area (Å²) in [6, 6.07) is 33.7. The van der Waals surface area contributed by atoms with Crippen molar-refractivity contribution in [3.8, 4) is 11.1 Å². The molecule has 0 radical (unpaired) electrons. The van der Waals surface area contributed by atoms with E-state index in [4.69, 9.17) is 46.4 Å². The third-order valence-corrected chi connectivity index (χ3v) is 6.21. The van der Waals surface area contributed by atoms with Crippen molar-refractivity contribution in [2.24, 2.45) is 20.4 Å². The maximum absolute atomic E-state index is 6.58. The third kappa shape index (κ3) is 6.48. The number of hydrogen-bond donors (Lipinski definition) is 0. The summed E-state index contributed by atoms with van der Waals surface area (Å²) in [5.41, 5.74) is 4.37. The molecule has 0 saturated heterocycles. The Morgan fingerprint density at radius 1 is 0.361 bits per heavy atom. The van der Waals surface area contributed by atoms with Crippen molar-refractivity contribution in [3.63, 3.8) is 0 Å². The van der Waals surface area contributed by atoms with Crippen molar-refractivity contribution >= 4 is 67.1 Å². The van der Waals surface area contributed by atoms with Gasteiger partial charge in [-0.25, -0.2) is 0 Å². The summed E-state index contributed by atoms with van der Waals surface area (Å²) in [4.78, 5) is 0. The highest BCUT2D eigenvalue weighted by Gasteiger charge is 2.15. The largest absolute Gasteiger partial charge is 0.159 e. The third-order valence-electron chi connectivity index (χ3n) is 5.06. The van der Waals surface area contributed by atoms with E-state index >= 15 is 0 Å².